The molecule has 4 rings (SSSR count). The van der Waals surface area contributed by atoms with Crippen LogP contribution in [0.15, 0.2) is 47.4 Å². The topological polar surface area (TPSA) is 74.6 Å². The van der Waals surface area contributed by atoms with E-state index in [2.05, 4.69) is 12.2 Å². The molecule has 0 aromatic heterocycles. The number of phenolic OH excluding ortho intramolecular Hbond substituents is 1. The fourth-order valence-corrected chi connectivity index (χ4v) is 4.59. The Hall–Kier alpha value is -2.11. The van der Waals surface area contributed by atoms with Crippen molar-refractivity contribution >= 4 is 10.1 Å². The first-order chi connectivity index (χ1) is 11.4. The largest absolute Gasteiger partial charge is 0.507 e. The van der Waals surface area contributed by atoms with E-state index in [1.54, 1.807) is 12.1 Å². The van der Waals surface area contributed by atoms with Gasteiger partial charge in [-0.1, -0.05) is 24.3 Å². The summed E-state index contributed by atoms with van der Waals surface area (Å²) >= 11 is 0. The molecule has 0 amide bonds. The van der Waals surface area contributed by atoms with Crippen molar-refractivity contribution in [1.29, 1.82) is 0 Å². The van der Waals surface area contributed by atoms with Gasteiger partial charge in [-0.15, -0.1) is 0 Å². The molecule has 2 aliphatic rings. The van der Waals surface area contributed by atoms with Gasteiger partial charge in [0.1, 0.15) is 10.6 Å². The van der Waals surface area contributed by atoms with Crippen LogP contribution in [0.2, 0.25) is 0 Å². The van der Waals surface area contributed by atoms with E-state index in [1.165, 1.54) is 6.07 Å². The standard InChI is InChI=1S/C19H18O4S/c20-16-9-5-12-3-1-2-4-13-6-7-14-8-10-17(24(21,22)23)19(18(13)14)15(16)11-12/h2,4-5,8-11,13,20H,1,3,6-7H2,(H,21,22,23). The molecule has 0 saturated heterocycles. The number of fused-ring (bicyclic) bond motifs is 3. The van der Waals surface area contributed by atoms with Gasteiger partial charge >= 0.3 is 0 Å². The third-order valence-corrected chi connectivity index (χ3v) is 5.87. The molecule has 0 heterocycles. The van der Waals surface area contributed by atoms with Crippen molar-refractivity contribution in [1.82, 2.24) is 0 Å². The molecule has 1 atom stereocenters. The van der Waals surface area contributed by atoms with Gasteiger partial charge < -0.3 is 5.11 Å². The van der Waals surface area contributed by atoms with Gasteiger partial charge in [0, 0.05) is 17.0 Å². The molecule has 124 valence electrons. The van der Waals surface area contributed by atoms with Crippen LogP contribution < -0.4 is 0 Å². The van der Waals surface area contributed by atoms with Crippen molar-refractivity contribution in [2.24, 2.45) is 0 Å². The molecule has 4 nitrogen and oxygen atoms in total. The van der Waals surface area contributed by atoms with Crippen LogP contribution >= 0.6 is 0 Å². The SMILES string of the molecule is O=S(=O)(O)c1ccc2c3c1-c1cc(ccc1O)CCC=CC3CC2. The first kappa shape index (κ1) is 15.4. The van der Waals surface area contributed by atoms with E-state index in [4.69, 9.17) is 0 Å². The Kier molecular flexibility index (Phi) is 3.51. The highest BCUT2D eigenvalue weighted by Crippen LogP contribution is 2.46. The number of benzene rings is 2. The molecular formula is C19H18O4S. The van der Waals surface area contributed by atoms with E-state index in [1.807, 2.05) is 12.1 Å². The van der Waals surface area contributed by atoms with Gasteiger partial charge in [0.05, 0.1) is 0 Å². The second kappa shape index (κ2) is 5.46. The molecule has 1 unspecified atom stereocenters. The molecule has 2 aliphatic carbocycles. The maximum Gasteiger partial charge on any atom is 0.295 e. The second-order valence-electron chi connectivity index (χ2n) is 6.45. The molecule has 2 aromatic carbocycles. The fraction of sp³-hybridized carbons (Fsp3) is 0.263. The molecule has 2 bridgehead atoms. The number of aryl methyl sites for hydroxylation is 2. The van der Waals surface area contributed by atoms with E-state index >= 15 is 0 Å². The zero-order chi connectivity index (χ0) is 16.9. The van der Waals surface area contributed by atoms with Crippen molar-refractivity contribution in [2.45, 2.75) is 36.5 Å². The maximum atomic E-state index is 12.0. The van der Waals surface area contributed by atoms with Crippen molar-refractivity contribution in [3.05, 3.63) is 59.2 Å². The molecule has 0 spiro atoms. The quantitative estimate of drug-likeness (QED) is 0.610. The van der Waals surface area contributed by atoms with E-state index < -0.39 is 10.1 Å². The van der Waals surface area contributed by atoms with Crippen molar-refractivity contribution in [2.75, 3.05) is 0 Å². The molecule has 5 heteroatoms. The summed E-state index contributed by atoms with van der Waals surface area (Å²) in [5, 5.41) is 10.4. The average molecular weight is 342 g/mol. The molecule has 0 saturated carbocycles. The number of hydrogen-bond donors (Lipinski definition) is 2. The first-order valence-electron chi connectivity index (χ1n) is 8.07. The van der Waals surface area contributed by atoms with Crippen LogP contribution in [0.5, 0.6) is 5.75 Å². The van der Waals surface area contributed by atoms with Crippen LogP contribution in [0, 0.1) is 0 Å². The van der Waals surface area contributed by atoms with Crippen LogP contribution in [0.25, 0.3) is 11.1 Å². The van der Waals surface area contributed by atoms with E-state index in [9.17, 15) is 18.1 Å². The summed E-state index contributed by atoms with van der Waals surface area (Å²) in [6.07, 6.45) is 7.78. The first-order valence-corrected chi connectivity index (χ1v) is 9.51. The average Bonchev–Trinajstić information content (AvgIpc) is 2.94. The van der Waals surface area contributed by atoms with Crippen LogP contribution in [0.4, 0.5) is 0 Å². The molecule has 2 aromatic rings. The summed E-state index contributed by atoms with van der Waals surface area (Å²) in [7, 11) is -4.39. The minimum absolute atomic E-state index is 0.0345. The van der Waals surface area contributed by atoms with Gasteiger partial charge in [-0.2, -0.15) is 8.42 Å². The molecule has 0 fully saturated rings. The van der Waals surface area contributed by atoms with Crippen molar-refractivity contribution in [3.63, 3.8) is 0 Å². The zero-order valence-electron chi connectivity index (χ0n) is 13.1. The Balaban J connectivity index is 2.14. The molecule has 24 heavy (non-hydrogen) atoms. The van der Waals surface area contributed by atoms with Gasteiger partial charge in [0.25, 0.3) is 10.1 Å². The lowest BCUT2D eigenvalue weighted by molar-refractivity contribution is 0.476. The zero-order valence-corrected chi connectivity index (χ0v) is 13.9. The number of phenols is 1. The Labute approximate surface area is 141 Å². The normalized spacial score (nSPS) is 19.1. The summed E-state index contributed by atoms with van der Waals surface area (Å²) in [4.78, 5) is -0.130. The van der Waals surface area contributed by atoms with Gasteiger partial charge in [0.15, 0.2) is 0 Å². The van der Waals surface area contributed by atoms with Crippen LogP contribution in [0.1, 0.15) is 35.4 Å². The predicted molar refractivity (Wildman–Crippen MR) is 91.9 cm³/mol. The van der Waals surface area contributed by atoms with Gasteiger partial charge in [-0.05, 0) is 60.6 Å². The third-order valence-electron chi connectivity index (χ3n) is 4.97. The summed E-state index contributed by atoms with van der Waals surface area (Å²) in [6, 6.07) is 8.53. The molecule has 0 aliphatic heterocycles. The minimum atomic E-state index is -4.39. The molecule has 2 N–H and O–H groups in total. The number of hydrogen-bond acceptors (Lipinski definition) is 3. The summed E-state index contributed by atoms with van der Waals surface area (Å²) in [6.45, 7) is 0. The summed E-state index contributed by atoms with van der Waals surface area (Å²) < 4.78 is 33.6. The van der Waals surface area contributed by atoms with Crippen LogP contribution in [0.3, 0.4) is 0 Å². The smallest absolute Gasteiger partial charge is 0.295 e. The third kappa shape index (κ3) is 2.44. The van der Waals surface area contributed by atoms with E-state index in [0.29, 0.717) is 11.1 Å². The van der Waals surface area contributed by atoms with Crippen LogP contribution in [-0.2, 0) is 23.0 Å². The molecule has 0 radical (unpaired) electrons. The van der Waals surface area contributed by atoms with E-state index in [-0.39, 0.29) is 16.6 Å². The number of allylic oxidation sites excluding steroid dienone is 2. The summed E-state index contributed by atoms with van der Waals surface area (Å²) in [5.41, 5.74) is 3.96. The number of aromatic hydroxyl groups is 1. The van der Waals surface area contributed by atoms with Crippen molar-refractivity contribution in [3.8, 4) is 16.9 Å². The lowest BCUT2D eigenvalue weighted by Gasteiger charge is -2.19. The highest BCUT2D eigenvalue weighted by atomic mass is 32.2. The summed E-state index contributed by atoms with van der Waals surface area (Å²) in [5.74, 6) is 0.144. The van der Waals surface area contributed by atoms with E-state index in [0.717, 1.165) is 42.4 Å². The number of rotatable bonds is 1. The van der Waals surface area contributed by atoms with Gasteiger partial charge in [0.2, 0.25) is 0 Å². The Morgan fingerprint density at radius 1 is 1.08 bits per heavy atom. The van der Waals surface area contributed by atoms with Crippen molar-refractivity contribution < 1.29 is 18.1 Å². The Bertz CT molecular complexity index is 958. The maximum absolute atomic E-state index is 12.0. The lowest BCUT2D eigenvalue weighted by Crippen LogP contribution is -2.06. The lowest BCUT2D eigenvalue weighted by atomic mass is 9.88. The highest BCUT2D eigenvalue weighted by Gasteiger charge is 2.30. The van der Waals surface area contributed by atoms with Gasteiger partial charge in [-0.3, -0.25) is 4.55 Å². The second-order valence-corrected chi connectivity index (χ2v) is 7.84. The predicted octanol–water partition coefficient (Wildman–Crippen LogP) is 3.84. The fourth-order valence-electron chi connectivity index (χ4n) is 3.87. The van der Waals surface area contributed by atoms with Crippen LogP contribution in [-0.4, -0.2) is 18.1 Å². The molecular weight excluding hydrogens is 324 g/mol. The minimum Gasteiger partial charge on any atom is -0.507 e. The van der Waals surface area contributed by atoms with Gasteiger partial charge in [-0.25, -0.2) is 0 Å². The Morgan fingerprint density at radius 3 is 2.71 bits per heavy atom. The highest BCUT2D eigenvalue weighted by molar-refractivity contribution is 7.86. The Morgan fingerprint density at radius 2 is 1.92 bits per heavy atom. The monoisotopic (exact) mass is 342 g/mol.